The first kappa shape index (κ1) is 21.1. The first-order valence-corrected chi connectivity index (χ1v) is 10.1. The average molecular weight is 456 g/mol. The molecular weight excluding hydrogens is 440 g/mol. The molecule has 0 saturated carbocycles. The van der Waals surface area contributed by atoms with E-state index in [-0.39, 0.29) is 5.69 Å². The zero-order valence-corrected chi connectivity index (χ0v) is 16.9. The summed E-state index contributed by atoms with van der Waals surface area (Å²) in [5.74, 6) is -2.70. The second kappa shape index (κ2) is 7.70. The quantitative estimate of drug-likeness (QED) is 0.416. The predicted octanol–water partition coefficient (Wildman–Crippen LogP) is 4.90. The highest BCUT2D eigenvalue weighted by Crippen LogP contribution is 2.47. The third kappa shape index (κ3) is 3.54. The molecule has 3 atom stereocenters. The minimum absolute atomic E-state index is 0.0279. The van der Waals surface area contributed by atoms with Crippen molar-refractivity contribution in [2.24, 2.45) is 5.92 Å². The van der Waals surface area contributed by atoms with E-state index < -0.39 is 47.4 Å². The Morgan fingerprint density at radius 3 is 2.00 bits per heavy atom. The zero-order valence-electron chi connectivity index (χ0n) is 16.9. The molecule has 0 N–H and O–H groups in total. The number of carbonyl (C=O) groups is 2. The Morgan fingerprint density at radius 2 is 1.39 bits per heavy atom. The van der Waals surface area contributed by atoms with Crippen molar-refractivity contribution in [1.29, 1.82) is 0 Å². The van der Waals surface area contributed by atoms with Crippen LogP contribution in [0.1, 0.15) is 17.2 Å². The van der Waals surface area contributed by atoms with Crippen LogP contribution in [0, 0.1) is 11.7 Å². The van der Waals surface area contributed by atoms with Gasteiger partial charge in [0, 0.05) is 0 Å². The number of imide groups is 1. The summed E-state index contributed by atoms with van der Waals surface area (Å²) in [5, 5.41) is 1.46. The molecule has 2 heterocycles. The summed E-state index contributed by atoms with van der Waals surface area (Å²) in [6, 6.07) is 17.4. The molecule has 0 aliphatic carbocycles. The molecule has 2 saturated heterocycles. The first-order valence-electron chi connectivity index (χ1n) is 10.1. The van der Waals surface area contributed by atoms with E-state index in [4.69, 9.17) is 4.84 Å². The van der Waals surface area contributed by atoms with E-state index in [1.807, 2.05) is 0 Å². The number of hydrogen-bond acceptors (Lipinski definition) is 4. The molecule has 33 heavy (non-hydrogen) atoms. The second-order valence-electron chi connectivity index (χ2n) is 7.77. The molecule has 9 heteroatoms. The topological polar surface area (TPSA) is 49.9 Å². The molecule has 0 radical (unpaired) electrons. The highest BCUT2D eigenvalue weighted by atomic mass is 19.4. The SMILES string of the molecule is O=C1C2ON(c3ccccc3)C(c3ccc(F)cc3)C2C(=O)N1c1ccc(C(F)(F)F)cc1. The Kier molecular flexibility index (Phi) is 4.93. The number of benzene rings is 3. The lowest BCUT2D eigenvalue weighted by Crippen LogP contribution is -2.37. The van der Waals surface area contributed by atoms with E-state index in [1.165, 1.54) is 29.3 Å². The lowest BCUT2D eigenvalue weighted by Gasteiger charge is -2.28. The van der Waals surface area contributed by atoms with Crippen molar-refractivity contribution in [3.8, 4) is 0 Å². The van der Waals surface area contributed by atoms with Gasteiger partial charge in [0.15, 0.2) is 6.10 Å². The minimum Gasteiger partial charge on any atom is -0.273 e. The fourth-order valence-electron chi connectivity index (χ4n) is 4.27. The van der Waals surface area contributed by atoms with Gasteiger partial charge in [0.25, 0.3) is 5.91 Å². The van der Waals surface area contributed by atoms with Crippen molar-refractivity contribution in [3.63, 3.8) is 0 Å². The van der Waals surface area contributed by atoms with Gasteiger partial charge in [-0.15, -0.1) is 0 Å². The standard InChI is InChI=1S/C24H16F4N2O3/c25-16-10-6-14(7-11-16)20-19-21(33-30(20)18-4-2-1-3-5-18)23(32)29(22(19)31)17-12-8-15(9-13-17)24(26,27)28/h1-13,19-21H. The Bertz CT molecular complexity index is 1200. The number of fused-ring (bicyclic) bond motifs is 1. The lowest BCUT2D eigenvalue weighted by atomic mass is 9.90. The van der Waals surface area contributed by atoms with Gasteiger partial charge in [0.2, 0.25) is 5.91 Å². The third-order valence-corrected chi connectivity index (χ3v) is 5.79. The summed E-state index contributed by atoms with van der Waals surface area (Å²) in [5.41, 5.74) is 0.299. The normalized spacial score (nSPS) is 22.7. The van der Waals surface area contributed by atoms with Gasteiger partial charge < -0.3 is 0 Å². The summed E-state index contributed by atoms with van der Waals surface area (Å²) < 4.78 is 52.3. The van der Waals surface area contributed by atoms with E-state index in [0.717, 1.165) is 29.2 Å². The summed E-state index contributed by atoms with van der Waals surface area (Å²) >= 11 is 0. The molecule has 5 nitrogen and oxygen atoms in total. The lowest BCUT2D eigenvalue weighted by molar-refractivity contribution is -0.137. The van der Waals surface area contributed by atoms with Crippen LogP contribution < -0.4 is 9.96 Å². The number of anilines is 2. The number of para-hydroxylation sites is 1. The number of hydrogen-bond donors (Lipinski definition) is 0. The largest absolute Gasteiger partial charge is 0.416 e. The van der Waals surface area contributed by atoms with E-state index in [2.05, 4.69) is 0 Å². The van der Waals surface area contributed by atoms with Crippen molar-refractivity contribution in [3.05, 3.63) is 95.8 Å². The molecule has 0 bridgehead atoms. The van der Waals surface area contributed by atoms with E-state index >= 15 is 0 Å². The number of halogens is 4. The molecule has 3 unspecified atom stereocenters. The van der Waals surface area contributed by atoms with Gasteiger partial charge in [0.05, 0.1) is 23.0 Å². The van der Waals surface area contributed by atoms with Crippen LogP contribution in [0.4, 0.5) is 28.9 Å². The van der Waals surface area contributed by atoms with Crippen LogP contribution in [0.25, 0.3) is 0 Å². The zero-order chi connectivity index (χ0) is 23.3. The van der Waals surface area contributed by atoms with Crippen LogP contribution in [0.2, 0.25) is 0 Å². The maximum atomic E-state index is 13.5. The summed E-state index contributed by atoms with van der Waals surface area (Å²) in [6.45, 7) is 0. The van der Waals surface area contributed by atoms with Gasteiger partial charge in [-0.25, -0.2) is 14.4 Å². The maximum Gasteiger partial charge on any atom is 0.416 e. The Morgan fingerprint density at radius 1 is 0.758 bits per heavy atom. The van der Waals surface area contributed by atoms with Crippen LogP contribution in [-0.2, 0) is 20.6 Å². The molecule has 2 amide bonds. The number of alkyl halides is 3. The van der Waals surface area contributed by atoms with Crippen LogP contribution in [0.3, 0.4) is 0 Å². The van der Waals surface area contributed by atoms with Gasteiger partial charge in [-0.3, -0.25) is 14.4 Å². The molecule has 3 aromatic rings. The third-order valence-electron chi connectivity index (χ3n) is 5.79. The van der Waals surface area contributed by atoms with Gasteiger partial charge in [-0.05, 0) is 54.1 Å². The maximum absolute atomic E-state index is 13.5. The fourth-order valence-corrected chi connectivity index (χ4v) is 4.27. The Hall–Kier alpha value is -3.72. The van der Waals surface area contributed by atoms with Crippen molar-refractivity contribution >= 4 is 23.2 Å². The van der Waals surface area contributed by atoms with Gasteiger partial charge in [-0.1, -0.05) is 30.3 Å². The molecule has 0 aromatic heterocycles. The van der Waals surface area contributed by atoms with Gasteiger partial charge >= 0.3 is 6.18 Å². The fraction of sp³-hybridized carbons (Fsp3) is 0.167. The molecular formula is C24H16F4N2O3. The molecule has 0 spiro atoms. The first-order chi connectivity index (χ1) is 15.8. The molecule has 5 rings (SSSR count). The average Bonchev–Trinajstić information content (AvgIpc) is 3.31. The Balaban J connectivity index is 1.53. The van der Waals surface area contributed by atoms with Crippen molar-refractivity contribution < 1.29 is 32.0 Å². The van der Waals surface area contributed by atoms with Gasteiger partial charge in [0.1, 0.15) is 11.7 Å². The monoisotopic (exact) mass is 456 g/mol. The molecule has 3 aromatic carbocycles. The summed E-state index contributed by atoms with van der Waals surface area (Å²) in [4.78, 5) is 33.4. The molecule has 2 fully saturated rings. The number of nitrogens with zero attached hydrogens (tertiary/aromatic N) is 2. The van der Waals surface area contributed by atoms with Crippen LogP contribution in [0.5, 0.6) is 0 Å². The highest BCUT2D eigenvalue weighted by Gasteiger charge is 2.60. The second-order valence-corrected chi connectivity index (χ2v) is 7.77. The van der Waals surface area contributed by atoms with E-state index in [1.54, 1.807) is 30.3 Å². The number of carbonyl (C=O) groups excluding carboxylic acids is 2. The predicted molar refractivity (Wildman–Crippen MR) is 110 cm³/mol. The molecule has 168 valence electrons. The van der Waals surface area contributed by atoms with Crippen molar-refractivity contribution in [2.75, 3.05) is 9.96 Å². The minimum atomic E-state index is -4.54. The summed E-state index contributed by atoms with van der Waals surface area (Å²) in [6.07, 6.45) is -5.71. The smallest absolute Gasteiger partial charge is 0.273 e. The van der Waals surface area contributed by atoms with Crippen LogP contribution >= 0.6 is 0 Å². The van der Waals surface area contributed by atoms with Gasteiger partial charge in [-0.2, -0.15) is 13.2 Å². The highest BCUT2D eigenvalue weighted by molar-refractivity contribution is 6.23. The molecule has 2 aliphatic heterocycles. The molecule has 2 aliphatic rings. The van der Waals surface area contributed by atoms with E-state index in [0.29, 0.717) is 11.3 Å². The van der Waals surface area contributed by atoms with Crippen molar-refractivity contribution in [1.82, 2.24) is 0 Å². The number of amides is 2. The number of rotatable bonds is 3. The van der Waals surface area contributed by atoms with Crippen LogP contribution in [-0.4, -0.2) is 17.9 Å². The number of hydroxylamine groups is 1. The van der Waals surface area contributed by atoms with Crippen molar-refractivity contribution in [2.45, 2.75) is 18.3 Å². The van der Waals surface area contributed by atoms with E-state index in [9.17, 15) is 27.2 Å². The summed E-state index contributed by atoms with van der Waals surface area (Å²) in [7, 11) is 0. The Labute approximate surface area is 185 Å². The van der Waals surface area contributed by atoms with Crippen LogP contribution in [0.15, 0.2) is 78.9 Å².